The first-order valence-electron chi connectivity index (χ1n) is 19.3. The Labute approximate surface area is 370 Å². The number of alkyl carbamates (subject to hydrolysis) is 2. The number of carbonyl (C=O) groups is 4. The van der Waals surface area contributed by atoms with E-state index in [1.165, 1.54) is 0 Å². The molecule has 61 heavy (non-hydrogen) atoms. The van der Waals surface area contributed by atoms with Gasteiger partial charge in [-0.05, 0) is 63.5 Å². The third-order valence-electron chi connectivity index (χ3n) is 7.84. The predicted octanol–water partition coefficient (Wildman–Crippen LogP) is 6.48. The Hall–Kier alpha value is -4.18. The summed E-state index contributed by atoms with van der Waals surface area (Å²) in [5.41, 5.74) is -0.889. The Morgan fingerprint density at radius 1 is 0.607 bits per heavy atom. The van der Waals surface area contributed by atoms with Gasteiger partial charge in [-0.1, -0.05) is 118 Å². The summed E-state index contributed by atoms with van der Waals surface area (Å²) >= 11 is 3.16. The van der Waals surface area contributed by atoms with Crippen LogP contribution in [0.25, 0.3) is 0 Å². The quantitative estimate of drug-likeness (QED) is 0.0898. The number of ether oxygens (including phenoxy) is 4. The number of alkyl halides is 1. The number of halogens is 1. The normalized spacial score (nSPS) is 13.3. The molecule has 0 fully saturated rings. The van der Waals surface area contributed by atoms with Crippen LogP contribution in [0.3, 0.4) is 0 Å². The van der Waals surface area contributed by atoms with Gasteiger partial charge in [0.15, 0.2) is 0 Å². The molecule has 0 aliphatic carbocycles. The molecule has 0 saturated heterocycles. The van der Waals surface area contributed by atoms with Gasteiger partial charge >= 0.3 is 44.8 Å². The lowest BCUT2D eigenvalue weighted by Gasteiger charge is -2.33. The zero-order valence-electron chi connectivity index (χ0n) is 37.2. The molecule has 5 N–H and O–H groups in total. The maximum Gasteiger partial charge on any atom is 0.424 e. The highest BCUT2D eigenvalue weighted by atomic mass is 79.9. The van der Waals surface area contributed by atoms with Gasteiger partial charge in [-0.25, -0.2) is 23.9 Å². The smallest absolute Gasteiger partial charge is 0.424 e. The third kappa shape index (κ3) is 24.2. The van der Waals surface area contributed by atoms with E-state index in [9.17, 15) is 36.0 Å². The minimum Gasteiger partial charge on any atom is -0.444 e. The van der Waals surface area contributed by atoms with Crippen molar-refractivity contribution in [3.05, 3.63) is 71.8 Å². The Balaban J connectivity index is 0.000000613. The summed E-state index contributed by atoms with van der Waals surface area (Å²) in [6.45, 7) is 20.9. The molecule has 0 bridgehead atoms. The van der Waals surface area contributed by atoms with Crippen molar-refractivity contribution in [3.8, 4) is 0 Å². The lowest BCUT2D eigenvalue weighted by Crippen LogP contribution is -2.54. The summed E-state index contributed by atoms with van der Waals surface area (Å²) in [6.07, 6.45) is -3.41. The topological polar surface area (TPSA) is 237 Å². The fourth-order valence-electron chi connectivity index (χ4n) is 4.58. The summed E-state index contributed by atoms with van der Waals surface area (Å²) in [5.74, 6) is 0. The first kappa shape index (κ1) is 54.8. The highest BCUT2D eigenvalue weighted by Crippen LogP contribution is 2.21. The SMILES string of the molecule is CC(C)(C)OC(=O)N[C@H](CNS(=O)(=O)N(CCBr)C(=O)OCc1ccccc1)C(C)(C)C.CC(C)(C)OC(=O)N[C@H](CNS(=O)(=O)NC(=O)OCc1ccccc1)C(C)(C)C. The molecule has 0 spiro atoms. The molecule has 0 aromatic heterocycles. The molecule has 2 atom stereocenters. The molecule has 2 aromatic rings. The van der Waals surface area contributed by atoms with E-state index in [1.54, 1.807) is 94.8 Å². The first-order valence-corrected chi connectivity index (χ1v) is 23.4. The van der Waals surface area contributed by atoms with Gasteiger partial charge in [0.1, 0.15) is 24.4 Å². The van der Waals surface area contributed by atoms with E-state index >= 15 is 0 Å². The number of carbonyl (C=O) groups excluding carboxylic acids is 4. The van der Waals surface area contributed by atoms with Gasteiger partial charge in [0.2, 0.25) is 0 Å². The zero-order chi connectivity index (χ0) is 46.9. The van der Waals surface area contributed by atoms with Gasteiger partial charge in [0, 0.05) is 18.4 Å². The van der Waals surface area contributed by atoms with Crippen molar-refractivity contribution in [1.29, 1.82) is 0 Å². The molecule has 0 radical (unpaired) electrons. The van der Waals surface area contributed by atoms with Crippen LogP contribution in [-0.4, -0.2) is 93.8 Å². The summed E-state index contributed by atoms with van der Waals surface area (Å²) in [4.78, 5) is 48.5. The van der Waals surface area contributed by atoms with Crippen LogP contribution in [0.5, 0.6) is 0 Å². The Morgan fingerprint density at radius 2 is 1.00 bits per heavy atom. The fourth-order valence-corrected chi connectivity index (χ4v) is 7.02. The second-order valence-electron chi connectivity index (χ2n) is 17.8. The van der Waals surface area contributed by atoms with Gasteiger partial charge < -0.3 is 29.6 Å². The fraction of sp³-hybridized carbons (Fsp3) is 0.600. The van der Waals surface area contributed by atoms with Gasteiger partial charge in [0.25, 0.3) is 0 Å². The van der Waals surface area contributed by atoms with E-state index in [4.69, 9.17) is 18.9 Å². The van der Waals surface area contributed by atoms with Crippen molar-refractivity contribution >= 4 is 60.7 Å². The van der Waals surface area contributed by atoms with Crippen LogP contribution in [0.2, 0.25) is 0 Å². The lowest BCUT2D eigenvalue weighted by atomic mass is 9.87. The van der Waals surface area contributed by atoms with Gasteiger partial charge in [-0.2, -0.15) is 30.6 Å². The minimum atomic E-state index is -4.23. The van der Waals surface area contributed by atoms with Gasteiger partial charge in [0.05, 0.1) is 18.6 Å². The number of benzene rings is 2. The Kier molecular flexibility index (Phi) is 21.5. The molecular weight excluding hydrogens is 901 g/mol. The van der Waals surface area contributed by atoms with Crippen LogP contribution < -0.4 is 24.8 Å². The molecule has 21 heteroatoms. The van der Waals surface area contributed by atoms with E-state index in [2.05, 4.69) is 36.0 Å². The van der Waals surface area contributed by atoms with E-state index in [0.29, 0.717) is 4.31 Å². The molecule has 0 aliphatic rings. The van der Waals surface area contributed by atoms with Gasteiger partial charge in [-0.3, -0.25) is 0 Å². The highest BCUT2D eigenvalue weighted by molar-refractivity contribution is 9.09. The number of nitrogens with zero attached hydrogens (tertiary/aromatic N) is 1. The number of nitrogens with one attached hydrogen (secondary N) is 5. The van der Waals surface area contributed by atoms with Crippen molar-refractivity contribution in [2.24, 2.45) is 10.8 Å². The van der Waals surface area contributed by atoms with Crippen molar-refractivity contribution in [3.63, 3.8) is 0 Å². The molecule has 0 heterocycles. The summed E-state index contributed by atoms with van der Waals surface area (Å²) in [6, 6.07) is 16.6. The Bertz CT molecular complexity index is 1910. The first-order chi connectivity index (χ1) is 27.8. The van der Waals surface area contributed by atoms with Gasteiger partial charge in [-0.15, -0.1) is 0 Å². The third-order valence-corrected chi connectivity index (χ3v) is 10.6. The Morgan fingerprint density at radius 3 is 1.38 bits per heavy atom. The summed E-state index contributed by atoms with van der Waals surface area (Å²) in [5, 5.41) is 5.58. The molecule has 18 nitrogen and oxygen atoms in total. The van der Waals surface area contributed by atoms with Crippen molar-refractivity contribution in [2.75, 3.05) is 25.0 Å². The molecule has 2 aromatic carbocycles. The number of hydrogen-bond acceptors (Lipinski definition) is 12. The average molecular weight is 966 g/mol. The summed E-state index contributed by atoms with van der Waals surface area (Å²) in [7, 11) is -8.41. The average Bonchev–Trinajstić information content (AvgIpc) is 3.10. The summed E-state index contributed by atoms with van der Waals surface area (Å²) < 4.78 is 77.6. The van der Waals surface area contributed by atoms with Crippen molar-refractivity contribution in [1.82, 2.24) is 29.1 Å². The largest absolute Gasteiger partial charge is 0.444 e. The van der Waals surface area contributed by atoms with Crippen LogP contribution in [0.1, 0.15) is 94.2 Å². The number of amides is 4. The number of hydrogen-bond donors (Lipinski definition) is 5. The van der Waals surface area contributed by atoms with E-state index < -0.39 is 78.9 Å². The highest BCUT2D eigenvalue weighted by Gasteiger charge is 2.34. The van der Waals surface area contributed by atoms with Crippen LogP contribution in [0.15, 0.2) is 60.7 Å². The number of rotatable bonds is 16. The zero-order valence-corrected chi connectivity index (χ0v) is 40.4. The maximum absolute atomic E-state index is 12.9. The van der Waals surface area contributed by atoms with Crippen molar-refractivity contribution < 1.29 is 55.0 Å². The van der Waals surface area contributed by atoms with Crippen LogP contribution in [0, 0.1) is 10.8 Å². The van der Waals surface area contributed by atoms with E-state index in [-0.39, 0.29) is 38.2 Å². The van der Waals surface area contributed by atoms with E-state index in [1.807, 2.05) is 53.7 Å². The molecule has 346 valence electrons. The van der Waals surface area contributed by atoms with Crippen LogP contribution >= 0.6 is 15.9 Å². The molecule has 0 aliphatic heterocycles. The lowest BCUT2D eigenvalue weighted by molar-refractivity contribution is 0.0456. The maximum atomic E-state index is 12.9. The standard InChI is InChI=1S/C21H34BrN3O6S.C19H31N3O6S/c1-20(2,3)17(24-18(26)31-21(4,5)6)14-23-32(28,29)25(13-12-22)19(27)30-15-16-10-8-7-9-11-16;1-18(2,3)15(21-16(23)28-19(4,5)6)12-20-29(25,26)22-17(24)27-13-14-10-8-7-9-11-14/h7-11,17,23H,12-15H2,1-6H3,(H,24,26);7-11,15,20H,12-13H2,1-6H3,(H,21,23)(H,22,24)/t17-;15-/m11/s1. The molecule has 4 amide bonds. The minimum absolute atomic E-state index is 0.0568. The second kappa shape index (κ2) is 23.9. The van der Waals surface area contributed by atoms with Crippen LogP contribution in [0.4, 0.5) is 19.2 Å². The molecule has 0 unspecified atom stereocenters. The van der Waals surface area contributed by atoms with E-state index in [0.717, 1.165) is 11.1 Å². The molecule has 0 saturated carbocycles. The second-order valence-corrected chi connectivity index (χ2v) is 21.8. The van der Waals surface area contributed by atoms with Crippen LogP contribution in [-0.2, 0) is 52.6 Å². The van der Waals surface area contributed by atoms with Crippen molar-refractivity contribution in [2.45, 2.75) is 120 Å². The molecular formula is C40H65BrN6O12S2. The monoisotopic (exact) mass is 964 g/mol. The predicted molar refractivity (Wildman–Crippen MR) is 236 cm³/mol. The molecule has 2 rings (SSSR count).